The number of rotatable bonds is 9. The Morgan fingerprint density at radius 1 is 1.15 bits per heavy atom. The maximum Gasteiger partial charge on any atom is 0.416 e. The Morgan fingerprint density at radius 3 is 2.22 bits per heavy atom. The largest absolute Gasteiger partial charge is 0.416 e. The number of halogens is 3. The maximum absolute atomic E-state index is 12.8. The van der Waals surface area contributed by atoms with Crippen molar-refractivity contribution in [1.29, 1.82) is 0 Å². The molecule has 0 aliphatic heterocycles. The Hall–Kier alpha value is -1.82. The van der Waals surface area contributed by atoms with E-state index < -0.39 is 55.0 Å². The lowest BCUT2D eigenvalue weighted by molar-refractivity contribution is -0.137. The normalized spacial score (nSPS) is 13.1. The summed E-state index contributed by atoms with van der Waals surface area (Å²) in [4.78, 5) is 23.9. The monoisotopic (exact) mass is 410 g/mol. The molecule has 7 nitrogen and oxygen atoms in total. The Kier molecular flexibility index (Phi) is 8.54. The van der Waals surface area contributed by atoms with Crippen molar-refractivity contribution in [2.75, 3.05) is 25.6 Å². The Labute approximate surface area is 158 Å². The van der Waals surface area contributed by atoms with Crippen molar-refractivity contribution < 1.29 is 38.1 Å². The average Bonchev–Trinajstić information content (AvgIpc) is 2.62. The van der Waals surface area contributed by atoms with Gasteiger partial charge in [0.1, 0.15) is 11.6 Å². The smallest absolute Gasteiger partial charge is 0.394 e. The molecule has 0 radical (unpaired) electrons. The highest BCUT2D eigenvalue weighted by atomic mass is 32.2. The summed E-state index contributed by atoms with van der Waals surface area (Å²) in [5, 5.41) is 32.4. The number of benzene rings is 1. The van der Waals surface area contributed by atoms with Gasteiger partial charge in [0.05, 0.1) is 25.4 Å². The molecular weight excluding hydrogens is 389 g/mol. The second-order valence-corrected chi connectivity index (χ2v) is 6.93. The molecule has 0 aliphatic rings. The third-order valence-electron chi connectivity index (χ3n) is 3.57. The third-order valence-corrected chi connectivity index (χ3v) is 4.66. The van der Waals surface area contributed by atoms with Crippen molar-refractivity contribution >= 4 is 23.6 Å². The Balaban J connectivity index is 2.89. The van der Waals surface area contributed by atoms with Crippen LogP contribution in [0.2, 0.25) is 0 Å². The minimum Gasteiger partial charge on any atom is -0.394 e. The quantitative estimate of drug-likeness (QED) is 0.370. The van der Waals surface area contributed by atoms with Gasteiger partial charge in [0, 0.05) is 17.6 Å². The van der Waals surface area contributed by atoms with E-state index in [4.69, 9.17) is 0 Å². The molecule has 1 rings (SSSR count). The molecule has 2 amide bonds. The SMILES string of the molecule is CC(=O)NC(CSc1cccc(C(F)(F)F)c1)C(=O)NC(CO)(CO)CO. The van der Waals surface area contributed by atoms with Gasteiger partial charge in [0.2, 0.25) is 11.8 Å². The van der Waals surface area contributed by atoms with Crippen LogP contribution in [0.4, 0.5) is 13.2 Å². The van der Waals surface area contributed by atoms with Crippen molar-refractivity contribution in [3.8, 4) is 0 Å². The number of amides is 2. The van der Waals surface area contributed by atoms with Crippen LogP contribution in [0.3, 0.4) is 0 Å². The lowest BCUT2D eigenvalue weighted by atomic mass is 10.0. The number of hydrogen-bond acceptors (Lipinski definition) is 6. The number of carbonyl (C=O) groups is 2. The number of nitrogens with one attached hydrogen (secondary N) is 2. The molecule has 0 aliphatic carbocycles. The molecule has 0 saturated carbocycles. The molecule has 1 atom stereocenters. The molecule has 0 saturated heterocycles. The highest BCUT2D eigenvalue weighted by molar-refractivity contribution is 7.99. The zero-order valence-corrected chi connectivity index (χ0v) is 15.2. The fourth-order valence-corrected chi connectivity index (χ4v) is 2.97. The first-order valence-corrected chi connectivity index (χ1v) is 8.77. The lowest BCUT2D eigenvalue weighted by Gasteiger charge is -2.30. The highest BCUT2D eigenvalue weighted by Gasteiger charge is 2.33. The van der Waals surface area contributed by atoms with E-state index in [-0.39, 0.29) is 10.6 Å². The number of hydrogen-bond donors (Lipinski definition) is 5. The van der Waals surface area contributed by atoms with Crippen molar-refractivity contribution in [1.82, 2.24) is 10.6 Å². The zero-order valence-electron chi connectivity index (χ0n) is 14.4. The van der Waals surface area contributed by atoms with Crippen LogP contribution in [0, 0.1) is 0 Å². The standard InChI is InChI=1S/C16H21F3N2O5S/c1-10(25)20-13(14(26)21-15(7-22,8-23)9-24)6-27-12-4-2-3-11(5-12)16(17,18)19/h2-5,13,22-24H,6-9H2,1H3,(H,20,25)(H,21,26). The van der Waals surface area contributed by atoms with Gasteiger partial charge in [-0.2, -0.15) is 13.2 Å². The number of aliphatic hydroxyl groups excluding tert-OH is 3. The van der Waals surface area contributed by atoms with Crippen LogP contribution in [0.1, 0.15) is 12.5 Å². The fraction of sp³-hybridized carbons (Fsp3) is 0.500. The Bertz CT molecular complexity index is 645. The topological polar surface area (TPSA) is 119 Å². The van der Waals surface area contributed by atoms with Crippen molar-refractivity contribution in [2.45, 2.75) is 29.6 Å². The van der Waals surface area contributed by atoms with E-state index in [1.807, 2.05) is 0 Å². The summed E-state index contributed by atoms with van der Waals surface area (Å²) in [6, 6.07) is 3.34. The second kappa shape index (κ2) is 9.93. The van der Waals surface area contributed by atoms with Gasteiger partial charge in [-0.05, 0) is 18.2 Å². The second-order valence-electron chi connectivity index (χ2n) is 5.83. The Morgan fingerprint density at radius 2 is 1.74 bits per heavy atom. The van der Waals surface area contributed by atoms with Crippen LogP contribution < -0.4 is 10.6 Å². The predicted molar refractivity (Wildman–Crippen MR) is 91.9 cm³/mol. The molecule has 0 aromatic heterocycles. The minimum atomic E-state index is -4.51. The van der Waals surface area contributed by atoms with E-state index in [0.29, 0.717) is 0 Å². The summed E-state index contributed by atoms with van der Waals surface area (Å²) >= 11 is 0.915. The molecule has 152 valence electrons. The van der Waals surface area contributed by atoms with E-state index in [1.54, 1.807) is 0 Å². The molecule has 1 unspecified atom stereocenters. The predicted octanol–water partition coefficient (Wildman–Crippen LogP) is 0.134. The van der Waals surface area contributed by atoms with Gasteiger partial charge in [-0.15, -0.1) is 11.8 Å². The zero-order chi connectivity index (χ0) is 20.7. The van der Waals surface area contributed by atoms with Gasteiger partial charge >= 0.3 is 6.18 Å². The van der Waals surface area contributed by atoms with Gasteiger partial charge in [-0.25, -0.2) is 0 Å². The summed E-state index contributed by atoms with van der Waals surface area (Å²) in [6.07, 6.45) is -4.51. The van der Waals surface area contributed by atoms with Crippen LogP contribution in [0.25, 0.3) is 0 Å². The van der Waals surface area contributed by atoms with Crippen molar-refractivity contribution in [3.05, 3.63) is 29.8 Å². The van der Waals surface area contributed by atoms with E-state index in [9.17, 15) is 38.1 Å². The summed E-state index contributed by atoms with van der Waals surface area (Å²) in [5.74, 6) is -1.46. The highest BCUT2D eigenvalue weighted by Crippen LogP contribution is 2.32. The van der Waals surface area contributed by atoms with Gasteiger partial charge in [0.15, 0.2) is 0 Å². The first-order valence-electron chi connectivity index (χ1n) is 7.78. The summed E-state index contributed by atoms with van der Waals surface area (Å²) in [7, 11) is 0. The van der Waals surface area contributed by atoms with Gasteiger partial charge < -0.3 is 26.0 Å². The molecular formula is C16H21F3N2O5S. The van der Waals surface area contributed by atoms with Crippen LogP contribution in [0.5, 0.6) is 0 Å². The summed E-state index contributed by atoms with van der Waals surface area (Å²) < 4.78 is 38.3. The average molecular weight is 410 g/mol. The number of carbonyl (C=O) groups excluding carboxylic acids is 2. The van der Waals surface area contributed by atoms with Gasteiger partial charge in [-0.3, -0.25) is 9.59 Å². The molecule has 0 spiro atoms. The van der Waals surface area contributed by atoms with Crippen LogP contribution in [-0.4, -0.2) is 64.3 Å². The maximum atomic E-state index is 12.8. The molecule has 0 heterocycles. The molecule has 5 N–H and O–H groups in total. The summed E-state index contributed by atoms with van der Waals surface area (Å²) in [6.45, 7) is -1.09. The molecule has 27 heavy (non-hydrogen) atoms. The number of aliphatic hydroxyl groups is 3. The molecule has 0 bridgehead atoms. The number of alkyl halides is 3. The molecule has 0 fully saturated rings. The first-order chi connectivity index (χ1) is 12.6. The van der Waals surface area contributed by atoms with Crippen LogP contribution in [-0.2, 0) is 15.8 Å². The fourth-order valence-electron chi connectivity index (χ4n) is 1.99. The van der Waals surface area contributed by atoms with E-state index >= 15 is 0 Å². The van der Waals surface area contributed by atoms with E-state index in [1.165, 1.54) is 12.1 Å². The van der Waals surface area contributed by atoms with Gasteiger partial charge in [0.25, 0.3) is 0 Å². The third kappa shape index (κ3) is 7.01. The lowest BCUT2D eigenvalue weighted by Crippen LogP contribution is -2.61. The first kappa shape index (κ1) is 23.2. The van der Waals surface area contributed by atoms with Crippen LogP contribution in [0.15, 0.2) is 29.2 Å². The molecule has 1 aromatic carbocycles. The molecule has 1 aromatic rings. The number of thioether (sulfide) groups is 1. The van der Waals surface area contributed by atoms with Crippen molar-refractivity contribution in [2.24, 2.45) is 0 Å². The minimum absolute atomic E-state index is 0.106. The molecule has 11 heteroatoms. The van der Waals surface area contributed by atoms with Crippen molar-refractivity contribution in [3.63, 3.8) is 0 Å². The van der Waals surface area contributed by atoms with E-state index in [0.717, 1.165) is 30.8 Å². The summed E-state index contributed by atoms with van der Waals surface area (Å²) in [5.41, 5.74) is -2.53. The van der Waals surface area contributed by atoms with Gasteiger partial charge in [-0.1, -0.05) is 6.07 Å². The van der Waals surface area contributed by atoms with Crippen LogP contribution >= 0.6 is 11.8 Å². The van der Waals surface area contributed by atoms with E-state index in [2.05, 4.69) is 10.6 Å².